The van der Waals surface area contributed by atoms with E-state index in [4.69, 9.17) is 0 Å². The SMILES string of the molecule is CC1(C)c2ccc(C#N)cc2C2(c3ccccc3N(c3cccc(-c4cccc(-c5ccccc5)c4)c3)c3ccccc32)c2cc(C#N)ccc21. The van der Waals surface area contributed by atoms with Crippen molar-refractivity contribution in [3.05, 3.63) is 208 Å². The normalized spacial score (nSPS) is 14.3. The molecule has 0 aromatic heterocycles. The second-order valence-corrected chi connectivity index (χ2v) is 14.0. The van der Waals surface area contributed by atoms with Gasteiger partial charge in [-0.2, -0.15) is 10.5 Å². The molecular formula is C48H33N3. The highest BCUT2D eigenvalue weighted by Crippen LogP contribution is 2.63. The molecule has 9 rings (SSSR count). The third-order valence-corrected chi connectivity index (χ3v) is 11.0. The number of anilines is 3. The molecule has 3 heteroatoms. The quantitative estimate of drug-likeness (QED) is 0.191. The Kier molecular flexibility index (Phi) is 6.82. The van der Waals surface area contributed by atoms with E-state index >= 15 is 0 Å². The number of benzene rings is 7. The van der Waals surface area contributed by atoms with Gasteiger partial charge in [0.15, 0.2) is 0 Å². The summed E-state index contributed by atoms with van der Waals surface area (Å²) in [7, 11) is 0. The molecule has 3 nitrogen and oxygen atoms in total. The molecule has 1 aliphatic heterocycles. The molecule has 0 fully saturated rings. The number of para-hydroxylation sites is 2. The second-order valence-electron chi connectivity index (χ2n) is 14.0. The zero-order valence-corrected chi connectivity index (χ0v) is 28.4. The molecule has 240 valence electrons. The molecule has 0 saturated carbocycles. The fourth-order valence-electron chi connectivity index (χ4n) is 8.67. The van der Waals surface area contributed by atoms with E-state index in [1.807, 2.05) is 18.2 Å². The van der Waals surface area contributed by atoms with Crippen LogP contribution in [0.25, 0.3) is 22.3 Å². The van der Waals surface area contributed by atoms with Crippen molar-refractivity contribution in [3.8, 4) is 34.4 Å². The zero-order chi connectivity index (χ0) is 34.7. The zero-order valence-electron chi connectivity index (χ0n) is 28.4. The summed E-state index contributed by atoms with van der Waals surface area (Å²) in [6, 6.07) is 62.5. The first-order chi connectivity index (χ1) is 24.9. The third-order valence-electron chi connectivity index (χ3n) is 11.0. The van der Waals surface area contributed by atoms with Crippen molar-refractivity contribution in [1.29, 1.82) is 10.5 Å². The molecule has 7 aromatic rings. The predicted molar refractivity (Wildman–Crippen MR) is 205 cm³/mol. The van der Waals surface area contributed by atoms with Crippen molar-refractivity contribution in [3.63, 3.8) is 0 Å². The number of rotatable bonds is 3. The van der Waals surface area contributed by atoms with E-state index in [1.54, 1.807) is 0 Å². The molecule has 0 amide bonds. The van der Waals surface area contributed by atoms with Crippen LogP contribution in [0.4, 0.5) is 17.1 Å². The van der Waals surface area contributed by atoms with Crippen LogP contribution in [-0.2, 0) is 10.8 Å². The van der Waals surface area contributed by atoms with E-state index in [2.05, 4.69) is 176 Å². The number of hydrogen-bond donors (Lipinski definition) is 0. The fraction of sp³-hybridized carbons (Fsp3) is 0.0833. The summed E-state index contributed by atoms with van der Waals surface area (Å²) < 4.78 is 0. The van der Waals surface area contributed by atoms with Gasteiger partial charge in [-0.1, -0.05) is 123 Å². The lowest BCUT2D eigenvalue weighted by molar-refractivity contribution is 0.556. The molecule has 7 aromatic carbocycles. The summed E-state index contributed by atoms with van der Waals surface area (Å²) in [5, 5.41) is 20.4. The Balaban J connectivity index is 1.32. The Morgan fingerprint density at radius 3 is 1.45 bits per heavy atom. The lowest BCUT2D eigenvalue weighted by Crippen LogP contribution is -2.45. The minimum Gasteiger partial charge on any atom is -0.310 e. The van der Waals surface area contributed by atoms with Gasteiger partial charge in [0.25, 0.3) is 0 Å². The Morgan fingerprint density at radius 2 is 0.882 bits per heavy atom. The standard InChI is InChI=1S/C48H33N3/c1-47(2)39-24-22-32(30-49)26-43(39)48(44-27-33(31-50)23-25-40(44)47)41-18-6-8-20-45(41)51(46-21-9-7-19-42(46)48)38-17-11-16-37(29-38)36-15-10-14-35(28-36)34-12-4-3-5-13-34/h3-29H,1-2H3. The topological polar surface area (TPSA) is 50.8 Å². The maximum atomic E-state index is 10.2. The van der Waals surface area contributed by atoms with Crippen LogP contribution in [0.15, 0.2) is 164 Å². The van der Waals surface area contributed by atoms with Gasteiger partial charge in [0.1, 0.15) is 0 Å². The van der Waals surface area contributed by atoms with Gasteiger partial charge in [-0.25, -0.2) is 0 Å². The second kappa shape index (κ2) is 11.4. The Labute approximate surface area is 298 Å². The van der Waals surface area contributed by atoms with Crippen LogP contribution in [0.3, 0.4) is 0 Å². The monoisotopic (exact) mass is 651 g/mol. The molecular weight excluding hydrogens is 619 g/mol. The summed E-state index contributed by atoms with van der Waals surface area (Å²) in [6.45, 7) is 4.50. The van der Waals surface area contributed by atoms with Crippen LogP contribution < -0.4 is 4.90 Å². The first-order valence-corrected chi connectivity index (χ1v) is 17.3. The number of nitriles is 2. The van der Waals surface area contributed by atoms with E-state index in [0.29, 0.717) is 11.1 Å². The summed E-state index contributed by atoms with van der Waals surface area (Å²) in [4.78, 5) is 2.38. The van der Waals surface area contributed by atoms with Gasteiger partial charge >= 0.3 is 0 Å². The average Bonchev–Trinajstić information content (AvgIpc) is 3.19. The molecule has 1 spiro atoms. The van der Waals surface area contributed by atoms with E-state index in [0.717, 1.165) is 50.4 Å². The summed E-state index contributed by atoms with van der Waals surface area (Å²) in [5.41, 5.74) is 14.7. The lowest BCUT2D eigenvalue weighted by Gasteiger charge is -2.52. The minimum atomic E-state index is -0.773. The molecule has 0 N–H and O–H groups in total. The average molecular weight is 652 g/mol. The summed E-state index contributed by atoms with van der Waals surface area (Å²) in [6.07, 6.45) is 0. The van der Waals surface area contributed by atoms with Crippen LogP contribution in [0, 0.1) is 22.7 Å². The maximum absolute atomic E-state index is 10.2. The Bertz CT molecular complexity index is 2480. The smallest absolute Gasteiger partial charge is 0.0991 e. The highest BCUT2D eigenvalue weighted by Gasteiger charge is 2.53. The lowest BCUT2D eigenvalue weighted by atomic mass is 9.52. The molecule has 1 aliphatic carbocycles. The van der Waals surface area contributed by atoms with Crippen molar-refractivity contribution in [2.45, 2.75) is 24.7 Å². The van der Waals surface area contributed by atoms with Gasteiger partial charge in [-0.05, 0) is 110 Å². The molecule has 1 heterocycles. The van der Waals surface area contributed by atoms with Crippen molar-refractivity contribution >= 4 is 17.1 Å². The van der Waals surface area contributed by atoms with Crippen molar-refractivity contribution < 1.29 is 0 Å². The highest BCUT2D eigenvalue weighted by atomic mass is 15.2. The van der Waals surface area contributed by atoms with E-state index in [9.17, 15) is 10.5 Å². The first-order valence-electron chi connectivity index (χ1n) is 17.3. The van der Waals surface area contributed by atoms with Crippen molar-refractivity contribution in [2.75, 3.05) is 4.90 Å². The van der Waals surface area contributed by atoms with Crippen LogP contribution in [0.1, 0.15) is 58.4 Å². The Morgan fingerprint density at radius 1 is 0.412 bits per heavy atom. The minimum absolute atomic E-state index is 0.360. The van der Waals surface area contributed by atoms with Gasteiger partial charge in [0.2, 0.25) is 0 Å². The van der Waals surface area contributed by atoms with Crippen LogP contribution >= 0.6 is 0 Å². The predicted octanol–water partition coefficient (Wildman–Crippen LogP) is 11.6. The van der Waals surface area contributed by atoms with Crippen LogP contribution in [-0.4, -0.2) is 0 Å². The number of nitrogens with zero attached hydrogens (tertiary/aromatic N) is 3. The van der Waals surface area contributed by atoms with E-state index in [-0.39, 0.29) is 5.41 Å². The van der Waals surface area contributed by atoms with E-state index < -0.39 is 5.41 Å². The molecule has 2 aliphatic rings. The molecule has 0 atom stereocenters. The van der Waals surface area contributed by atoms with Crippen molar-refractivity contribution in [1.82, 2.24) is 0 Å². The van der Waals surface area contributed by atoms with Crippen LogP contribution in [0.5, 0.6) is 0 Å². The van der Waals surface area contributed by atoms with Gasteiger partial charge in [-0.15, -0.1) is 0 Å². The largest absolute Gasteiger partial charge is 0.310 e. The summed E-state index contributed by atoms with van der Waals surface area (Å²) >= 11 is 0. The number of hydrogen-bond acceptors (Lipinski definition) is 3. The summed E-state index contributed by atoms with van der Waals surface area (Å²) in [5.74, 6) is 0. The molecule has 0 saturated heterocycles. The van der Waals surface area contributed by atoms with Gasteiger partial charge < -0.3 is 4.90 Å². The highest BCUT2D eigenvalue weighted by molar-refractivity contribution is 5.92. The molecule has 0 unspecified atom stereocenters. The van der Waals surface area contributed by atoms with E-state index in [1.165, 1.54) is 22.3 Å². The van der Waals surface area contributed by atoms with Crippen molar-refractivity contribution in [2.24, 2.45) is 0 Å². The fourth-order valence-corrected chi connectivity index (χ4v) is 8.67. The maximum Gasteiger partial charge on any atom is 0.0991 e. The Hall–Kier alpha value is -6.68. The number of fused-ring (bicyclic) bond motifs is 8. The van der Waals surface area contributed by atoms with Gasteiger partial charge in [0.05, 0.1) is 40.1 Å². The van der Waals surface area contributed by atoms with Gasteiger partial charge in [-0.3, -0.25) is 0 Å². The molecule has 0 radical (unpaired) electrons. The molecule has 51 heavy (non-hydrogen) atoms. The first kappa shape index (κ1) is 30.4. The molecule has 0 bridgehead atoms. The third kappa shape index (κ3) is 4.42. The van der Waals surface area contributed by atoms with Crippen LogP contribution in [0.2, 0.25) is 0 Å². The van der Waals surface area contributed by atoms with Gasteiger partial charge in [0, 0.05) is 11.1 Å².